The molecule has 0 aliphatic carbocycles. The van der Waals surface area contributed by atoms with E-state index >= 15 is 0 Å². The number of rotatable bonds is 3. The molecule has 0 spiro atoms. The average molecular weight is 395 g/mol. The van der Waals surface area contributed by atoms with Gasteiger partial charge >= 0.3 is 0 Å². The van der Waals surface area contributed by atoms with Crippen molar-refractivity contribution in [2.24, 2.45) is 0 Å². The number of carbonyl (C=O) groups is 2. The number of aryl methyl sites for hydroxylation is 1. The quantitative estimate of drug-likeness (QED) is 0.407. The Bertz CT molecular complexity index is 1090. The first-order chi connectivity index (χ1) is 13.5. The van der Waals surface area contributed by atoms with Crippen molar-refractivity contribution in [1.29, 1.82) is 0 Å². The number of aliphatic hydroxyl groups is 1. The molecule has 3 aromatic rings. The summed E-state index contributed by atoms with van der Waals surface area (Å²) < 4.78 is 5.50. The van der Waals surface area contributed by atoms with Crippen LogP contribution in [0.2, 0.25) is 5.02 Å². The Morgan fingerprint density at radius 1 is 1.18 bits per heavy atom. The zero-order valence-electron chi connectivity index (χ0n) is 14.8. The fourth-order valence-corrected chi connectivity index (χ4v) is 3.39. The van der Waals surface area contributed by atoms with E-state index in [4.69, 9.17) is 16.0 Å². The fraction of sp³-hybridized carbons (Fsp3) is 0.0952. The lowest BCUT2D eigenvalue weighted by Crippen LogP contribution is -2.29. The fourth-order valence-electron chi connectivity index (χ4n) is 3.21. The van der Waals surface area contributed by atoms with Gasteiger partial charge in [-0.1, -0.05) is 17.7 Å². The van der Waals surface area contributed by atoms with Crippen LogP contribution in [0.25, 0.3) is 5.76 Å². The standard InChI is InChI=1S/C21H15ClN2O4/c1-12-4-5-14(11-15(12)22)24-18(16-3-2-10-28-16)17(20(26)21(24)27)19(25)13-6-8-23-9-7-13/h2-11,18,25H,1H3/b19-17-. The maximum absolute atomic E-state index is 12.9. The molecule has 1 atom stereocenters. The molecule has 7 heteroatoms. The van der Waals surface area contributed by atoms with Crippen LogP contribution in [0.5, 0.6) is 0 Å². The molecule has 0 radical (unpaired) electrons. The van der Waals surface area contributed by atoms with Gasteiger partial charge in [-0.2, -0.15) is 0 Å². The van der Waals surface area contributed by atoms with E-state index in [0.717, 1.165) is 5.56 Å². The number of hydrogen-bond acceptors (Lipinski definition) is 5. The minimum Gasteiger partial charge on any atom is -0.507 e. The third-order valence-electron chi connectivity index (χ3n) is 4.64. The number of hydrogen-bond donors (Lipinski definition) is 1. The second-order valence-electron chi connectivity index (χ2n) is 6.35. The number of benzene rings is 1. The summed E-state index contributed by atoms with van der Waals surface area (Å²) in [5.41, 5.74) is 1.61. The molecule has 0 saturated carbocycles. The highest BCUT2D eigenvalue weighted by molar-refractivity contribution is 6.51. The van der Waals surface area contributed by atoms with E-state index in [-0.39, 0.29) is 11.3 Å². The summed E-state index contributed by atoms with van der Waals surface area (Å²) in [6, 6.07) is 10.6. The molecule has 1 aliphatic heterocycles. The number of carbonyl (C=O) groups excluding carboxylic acids is 2. The van der Waals surface area contributed by atoms with Crippen LogP contribution < -0.4 is 4.90 Å². The van der Waals surface area contributed by atoms with Crippen LogP contribution in [0.3, 0.4) is 0 Å². The second kappa shape index (κ2) is 6.98. The largest absolute Gasteiger partial charge is 0.507 e. The molecule has 1 unspecified atom stereocenters. The van der Waals surface area contributed by atoms with Crippen molar-refractivity contribution in [3.8, 4) is 0 Å². The molecule has 28 heavy (non-hydrogen) atoms. The van der Waals surface area contributed by atoms with Gasteiger partial charge in [0.2, 0.25) is 0 Å². The number of ketones is 1. The van der Waals surface area contributed by atoms with Gasteiger partial charge in [-0.25, -0.2) is 0 Å². The SMILES string of the molecule is Cc1ccc(N2C(=O)C(=O)/C(=C(\O)c3ccncc3)C2c2ccco2)cc1Cl. The van der Waals surface area contributed by atoms with Crippen molar-refractivity contribution in [2.75, 3.05) is 4.90 Å². The number of halogens is 1. The number of anilines is 1. The first kappa shape index (κ1) is 18.0. The molecule has 1 saturated heterocycles. The smallest absolute Gasteiger partial charge is 0.300 e. The zero-order chi connectivity index (χ0) is 19.8. The summed E-state index contributed by atoms with van der Waals surface area (Å²) in [6.07, 6.45) is 4.43. The van der Waals surface area contributed by atoms with Crippen LogP contribution in [-0.2, 0) is 9.59 Å². The van der Waals surface area contributed by atoms with Crippen LogP contribution >= 0.6 is 11.6 Å². The molecule has 0 bridgehead atoms. The average Bonchev–Trinajstić information content (AvgIpc) is 3.32. The Balaban J connectivity index is 1.93. The highest BCUT2D eigenvalue weighted by atomic mass is 35.5. The lowest BCUT2D eigenvalue weighted by molar-refractivity contribution is -0.132. The summed E-state index contributed by atoms with van der Waals surface area (Å²) in [6.45, 7) is 1.84. The zero-order valence-corrected chi connectivity index (χ0v) is 15.6. The van der Waals surface area contributed by atoms with Crippen LogP contribution in [0.15, 0.2) is 71.1 Å². The second-order valence-corrected chi connectivity index (χ2v) is 6.76. The maximum atomic E-state index is 12.9. The van der Waals surface area contributed by atoms with E-state index in [0.29, 0.717) is 22.0 Å². The number of aliphatic hydroxyl groups excluding tert-OH is 1. The van der Waals surface area contributed by atoms with E-state index in [1.165, 1.54) is 23.6 Å². The summed E-state index contributed by atoms with van der Waals surface area (Å²) in [5, 5.41) is 11.3. The third kappa shape index (κ3) is 2.88. The molecular weight excluding hydrogens is 380 g/mol. The van der Waals surface area contributed by atoms with Crippen LogP contribution in [0, 0.1) is 6.92 Å². The number of furan rings is 1. The summed E-state index contributed by atoms with van der Waals surface area (Å²) in [7, 11) is 0. The Kier molecular flexibility index (Phi) is 4.49. The van der Waals surface area contributed by atoms with Crippen LogP contribution in [-0.4, -0.2) is 21.8 Å². The lowest BCUT2D eigenvalue weighted by Gasteiger charge is -2.23. The van der Waals surface area contributed by atoms with Crippen molar-refractivity contribution in [1.82, 2.24) is 4.98 Å². The number of Topliss-reactive ketones (excluding diaryl/α,β-unsaturated/α-hetero) is 1. The van der Waals surface area contributed by atoms with Gasteiger partial charge in [0.1, 0.15) is 17.6 Å². The van der Waals surface area contributed by atoms with E-state index in [2.05, 4.69) is 4.98 Å². The topological polar surface area (TPSA) is 83.6 Å². The van der Waals surface area contributed by atoms with E-state index in [9.17, 15) is 14.7 Å². The van der Waals surface area contributed by atoms with Gasteiger partial charge in [0.15, 0.2) is 0 Å². The van der Waals surface area contributed by atoms with Gasteiger partial charge in [0, 0.05) is 28.7 Å². The van der Waals surface area contributed by atoms with Gasteiger partial charge in [-0.3, -0.25) is 19.5 Å². The monoisotopic (exact) mass is 394 g/mol. The molecule has 140 valence electrons. The Morgan fingerprint density at radius 2 is 1.93 bits per heavy atom. The molecule has 1 aromatic carbocycles. The number of amides is 1. The van der Waals surface area contributed by atoms with Gasteiger partial charge in [0.25, 0.3) is 11.7 Å². The predicted molar refractivity (Wildman–Crippen MR) is 104 cm³/mol. The van der Waals surface area contributed by atoms with Crippen molar-refractivity contribution < 1.29 is 19.1 Å². The molecule has 1 N–H and O–H groups in total. The van der Waals surface area contributed by atoms with Crippen LogP contribution in [0.4, 0.5) is 5.69 Å². The minimum atomic E-state index is -0.915. The molecule has 1 amide bonds. The number of aromatic nitrogens is 1. The van der Waals surface area contributed by atoms with E-state index in [1.54, 1.807) is 42.5 Å². The maximum Gasteiger partial charge on any atom is 0.300 e. The normalized spacial score (nSPS) is 18.6. The minimum absolute atomic E-state index is 0.0529. The Hall–Kier alpha value is -3.38. The molecule has 3 heterocycles. The molecule has 1 aliphatic rings. The molecule has 4 rings (SSSR count). The Morgan fingerprint density at radius 3 is 2.57 bits per heavy atom. The summed E-state index contributed by atoms with van der Waals surface area (Å²) >= 11 is 6.23. The van der Waals surface area contributed by atoms with Gasteiger partial charge in [-0.15, -0.1) is 0 Å². The molecule has 2 aromatic heterocycles. The van der Waals surface area contributed by atoms with Gasteiger partial charge in [-0.05, 0) is 48.9 Å². The van der Waals surface area contributed by atoms with E-state index in [1.807, 2.05) is 6.92 Å². The van der Waals surface area contributed by atoms with E-state index < -0.39 is 17.7 Å². The van der Waals surface area contributed by atoms with Crippen molar-refractivity contribution in [3.63, 3.8) is 0 Å². The summed E-state index contributed by atoms with van der Waals surface area (Å²) in [4.78, 5) is 30.9. The Labute approximate surface area is 165 Å². The van der Waals surface area contributed by atoms with Crippen LogP contribution in [0.1, 0.15) is 22.9 Å². The molecular formula is C21H15ClN2O4. The highest BCUT2D eigenvalue weighted by Crippen LogP contribution is 2.42. The van der Waals surface area contributed by atoms with Gasteiger partial charge < -0.3 is 9.52 Å². The first-order valence-electron chi connectivity index (χ1n) is 8.50. The third-order valence-corrected chi connectivity index (χ3v) is 5.05. The van der Waals surface area contributed by atoms with Crippen molar-refractivity contribution >= 4 is 34.7 Å². The van der Waals surface area contributed by atoms with Crippen molar-refractivity contribution in [2.45, 2.75) is 13.0 Å². The molecule has 1 fully saturated rings. The molecule has 6 nitrogen and oxygen atoms in total. The van der Waals surface area contributed by atoms with Gasteiger partial charge in [0.05, 0.1) is 11.8 Å². The first-order valence-corrected chi connectivity index (χ1v) is 8.88. The lowest BCUT2D eigenvalue weighted by atomic mass is 9.99. The predicted octanol–water partition coefficient (Wildman–Crippen LogP) is 4.26. The summed E-state index contributed by atoms with van der Waals surface area (Å²) in [5.74, 6) is -1.50. The highest BCUT2D eigenvalue weighted by Gasteiger charge is 2.48. The number of nitrogens with zero attached hydrogens (tertiary/aromatic N) is 2. The number of pyridine rings is 1. The van der Waals surface area contributed by atoms with Crippen molar-refractivity contribution in [3.05, 3.63) is 88.6 Å².